The summed E-state index contributed by atoms with van der Waals surface area (Å²) < 4.78 is 3.29. The van der Waals surface area contributed by atoms with E-state index in [2.05, 4.69) is 5.10 Å². The van der Waals surface area contributed by atoms with Crippen molar-refractivity contribution in [3.8, 4) is 61.0 Å². The Labute approximate surface area is 333 Å². The van der Waals surface area contributed by atoms with Gasteiger partial charge in [-0.25, -0.2) is 14.6 Å². The fraction of sp³-hybridized carbons (Fsp3) is 0.0233. The predicted molar refractivity (Wildman–Crippen MR) is 222 cm³/mol. The van der Waals surface area contributed by atoms with E-state index in [1.807, 2.05) is 138 Å². The van der Waals surface area contributed by atoms with Crippen LogP contribution in [-0.2, 0) is 0 Å². The monoisotopic (exact) mass is 794 g/mol. The average molecular weight is 796 g/mol. The number of rotatable bonds is 9. The average Bonchev–Trinajstić information content (AvgIpc) is 4.04. The van der Waals surface area contributed by atoms with Crippen molar-refractivity contribution in [1.29, 1.82) is 0 Å². The first-order chi connectivity index (χ1) is 26.9. The van der Waals surface area contributed by atoms with Crippen LogP contribution in [0.4, 0.5) is 0 Å². The second kappa shape index (κ2) is 14.7. The van der Waals surface area contributed by atoms with E-state index in [1.165, 1.54) is 27.4 Å². The third-order valence-electron chi connectivity index (χ3n) is 9.26. The van der Waals surface area contributed by atoms with E-state index in [1.54, 1.807) is 16.8 Å². The normalized spacial score (nSPS) is 11.9. The lowest BCUT2D eigenvalue weighted by molar-refractivity contribution is 0.475. The van der Waals surface area contributed by atoms with Gasteiger partial charge >= 0.3 is 0 Å². The molecule has 0 bridgehead atoms. The van der Waals surface area contributed by atoms with Gasteiger partial charge in [0.1, 0.15) is 5.75 Å². The van der Waals surface area contributed by atoms with Crippen LogP contribution in [0.2, 0.25) is 10.0 Å². The summed E-state index contributed by atoms with van der Waals surface area (Å²) in [6, 6.07) is 41.7. The number of thiazole rings is 2. The molecule has 4 aromatic heterocycles. The summed E-state index contributed by atoms with van der Waals surface area (Å²) in [6.45, 7) is 0. The molecular formula is C43H28Cl2N6O2S2. The standard InChI is InChI=1S/C43H28Cl2N6O2S2/c44-31-17-11-26(12-18-31)35-24-54-42(46-35)50-23-34(39(48-50)29-7-3-1-4-8-29)37(28-15-21-33(52)22-16-28)38-40(30-9-5-2-6-10-30)49-51(41(38)53)43-47-36(25-55-43)27-13-19-32(45)20-14-27/h1-25,37,49,52H. The van der Waals surface area contributed by atoms with Crippen LogP contribution in [0.1, 0.15) is 22.6 Å². The lowest BCUT2D eigenvalue weighted by Crippen LogP contribution is -2.20. The molecule has 0 radical (unpaired) electrons. The Morgan fingerprint density at radius 2 is 1.18 bits per heavy atom. The number of nitrogens with one attached hydrogen (secondary N) is 1. The molecule has 0 spiro atoms. The van der Waals surface area contributed by atoms with Gasteiger partial charge in [0.05, 0.1) is 28.3 Å². The van der Waals surface area contributed by atoms with E-state index in [4.69, 9.17) is 38.3 Å². The van der Waals surface area contributed by atoms with E-state index in [9.17, 15) is 5.11 Å². The molecule has 0 aliphatic heterocycles. The number of hydrogen-bond acceptors (Lipinski definition) is 7. The molecule has 0 saturated carbocycles. The number of nitrogens with zero attached hydrogens (tertiary/aromatic N) is 5. The number of benzene rings is 5. The van der Waals surface area contributed by atoms with Crippen molar-refractivity contribution < 1.29 is 5.11 Å². The highest BCUT2D eigenvalue weighted by Crippen LogP contribution is 2.41. The summed E-state index contributed by atoms with van der Waals surface area (Å²) in [5.41, 5.74) is 8.18. The fourth-order valence-corrected chi connectivity index (χ4v) is 8.41. The summed E-state index contributed by atoms with van der Waals surface area (Å²) >= 11 is 15.2. The van der Waals surface area contributed by atoms with Gasteiger partial charge in [-0.3, -0.25) is 9.89 Å². The van der Waals surface area contributed by atoms with Crippen molar-refractivity contribution in [3.63, 3.8) is 0 Å². The highest BCUT2D eigenvalue weighted by molar-refractivity contribution is 7.12. The van der Waals surface area contributed by atoms with E-state index < -0.39 is 5.92 Å². The SMILES string of the molecule is O=c1c(C(c2ccc(O)cc2)c2cn(-c3nc(-c4ccc(Cl)cc4)cs3)nc2-c2ccccc2)c(-c2ccccc2)[nH]n1-c1nc(-c2ccc(Cl)cc2)cs1. The van der Waals surface area contributed by atoms with Crippen molar-refractivity contribution in [2.75, 3.05) is 0 Å². The first kappa shape index (κ1) is 34.7. The van der Waals surface area contributed by atoms with Crippen LogP contribution in [0, 0.1) is 0 Å². The molecule has 12 heteroatoms. The molecule has 55 heavy (non-hydrogen) atoms. The quantitative estimate of drug-likeness (QED) is 0.151. The summed E-state index contributed by atoms with van der Waals surface area (Å²) in [5, 5.41) is 25.4. The van der Waals surface area contributed by atoms with E-state index in [0.717, 1.165) is 44.8 Å². The Kier molecular flexibility index (Phi) is 9.25. The highest BCUT2D eigenvalue weighted by Gasteiger charge is 2.32. The van der Waals surface area contributed by atoms with Crippen molar-refractivity contribution in [2.24, 2.45) is 0 Å². The number of halogens is 2. The molecule has 4 heterocycles. The molecule has 0 amide bonds. The van der Waals surface area contributed by atoms with Crippen molar-refractivity contribution >= 4 is 45.9 Å². The van der Waals surface area contributed by atoms with Crippen LogP contribution in [-0.4, -0.2) is 34.6 Å². The van der Waals surface area contributed by atoms with Crippen molar-refractivity contribution in [2.45, 2.75) is 5.92 Å². The maximum Gasteiger partial charge on any atom is 0.278 e. The van der Waals surface area contributed by atoms with E-state index in [0.29, 0.717) is 37.3 Å². The largest absolute Gasteiger partial charge is 0.508 e. The third kappa shape index (κ3) is 6.81. The first-order valence-corrected chi connectivity index (χ1v) is 19.7. The molecule has 0 aliphatic rings. The number of hydrogen-bond donors (Lipinski definition) is 2. The summed E-state index contributed by atoms with van der Waals surface area (Å²) in [7, 11) is 0. The molecule has 1 unspecified atom stereocenters. The lowest BCUT2D eigenvalue weighted by atomic mass is 9.83. The Morgan fingerprint density at radius 3 is 1.78 bits per heavy atom. The second-order valence-electron chi connectivity index (χ2n) is 12.7. The predicted octanol–water partition coefficient (Wildman–Crippen LogP) is 11.1. The minimum Gasteiger partial charge on any atom is -0.508 e. The van der Waals surface area contributed by atoms with Gasteiger partial charge in [-0.15, -0.1) is 22.7 Å². The Balaban J connectivity index is 1.26. The van der Waals surface area contributed by atoms with E-state index in [-0.39, 0.29) is 11.3 Å². The molecule has 5 aromatic carbocycles. The van der Waals surface area contributed by atoms with Crippen LogP contribution >= 0.6 is 45.9 Å². The fourth-order valence-electron chi connectivity index (χ4n) is 6.61. The Morgan fingerprint density at radius 1 is 0.636 bits per heavy atom. The van der Waals surface area contributed by atoms with Crippen LogP contribution < -0.4 is 5.56 Å². The summed E-state index contributed by atoms with van der Waals surface area (Å²) in [4.78, 5) is 25.0. The molecule has 0 saturated heterocycles. The zero-order valence-corrected chi connectivity index (χ0v) is 31.8. The molecule has 8 nitrogen and oxygen atoms in total. The second-order valence-corrected chi connectivity index (χ2v) is 15.3. The minimum atomic E-state index is -0.642. The molecule has 9 rings (SSSR count). The number of phenolic OH excluding ortho intramolecular Hbond substituents is 1. The maximum atomic E-state index is 15.1. The van der Waals surface area contributed by atoms with Gasteiger partial charge in [-0.2, -0.15) is 9.78 Å². The van der Waals surface area contributed by atoms with Crippen LogP contribution in [0.25, 0.3) is 55.3 Å². The molecule has 9 aromatic rings. The number of H-pyrrole nitrogens is 1. The van der Waals surface area contributed by atoms with Crippen molar-refractivity contribution in [1.82, 2.24) is 29.5 Å². The van der Waals surface area contributed by atoms with Gasteiger partial charge in [-0.05, 0) is 47.5 Å². The third-order valence-corrected chi connectivity index (χ3v) is 11.4. The molecule has 1 atom stereocenters. The van der Waals surface area contributed by atoms with Crippen molar-refractivity contribution in [3.05, 3.63) is 188 Å². The van der Waals surface area contributed by atoms with E-state index >= 15 is 4.79 Å². The number of aromatic amines is 1. The van der Waals surface area contributed by atoms with Crippen LogP contribution in [0.3, 0.4) is 0 Å². The minimum absolute atomic E-state index is 0.117. The first-order valence-electron chi connectivity index (χ1n) is 17.2. The smallest absolute Gasteiger partial charge is 0.278 e. The zero-order chi connectivity index (χ0) is 37.5. The van der Waals surface area contributed by atoms with Gasteiger partial charge in [0.15, 0.2) is 0 Å². The summed E-state index contributed by atoms with van der Waals surface area (Å²) in [6.07, 6.45) is 1.96. The topological polar surface area (TPSA) is 102 Å². The zero-order valence-electron chi connectivity index (χ0n) is 28.7. The number of phenols is 1. The molecule has 2 N–H and O–H groups in total. The molecule has 268 valence electrons. The van der Waals surface area contributed by atoms with Gasteiger partial charge in [-0.1, -0.05) is 120 Å². The maximum absolute atomic E-state index is 15.1. The van der Waals surface area contributed by atoms with Gasteiger partial charge < -0.3 is 5.11 Å². The number of aromatic hydroxyl groups is 1. The molecular weight excluding hydrogens is 768 g/mol. The number of aromatic nitrogens is 6. The Bertz CT molecular complexity index is 2810. The molecule has 0 aliphatic carbocycles. The lowest BCUT2D eigenvalue weighted by Gasteiger charge is -2.18. The van der Waals surface area contributed by atoms with Crippen LogP contribution in [0.15, 0.2) is 155 Å². The van der Waals surface area contributed by atoms with Gasteiger partial charge in [0, 0.05) is 55.2 Å². The molecule has 0 fully saturated rings. The van der Waals surface area contributed by atoms with Crippen LogP contribution in [0.5, 0.6) is 5.75 Å². The highest BCUT2D eigenvalue weighted by atomic mass is 35.5. The Hall–Kier alpha value is -6.04. The van der Waals surface area contributed by atoms with Gasteiger partial charge in [0.2, 0.25) is 10.3 Å². The summed E-state index contributed by atoms with van der Waals surface area (Å²) in [5.74, 6) is -0.526. The van der Waals surface area contributed by atoms with Gasteiger partial charge in [0.25, 0.3) is 5.56 Å².